The van der Waals surface area contributed by atoms with Crippen molar-refractivity contribution in [1.29, 1.82) is 0 Å². The Morgan fingerprint density at radius 1 is 1.44 bits per heavy atom. The molecule has 0 aliphatic rings. The minimum atomic E-state index is -0.0601. The van der Waals surface area contributed by atoms with Crippen LogP contribution < -0.4 is 5.32 Å². The molecule has 88 valence electrons. The second-order valence-corrected chi connectivity index (χ2v) is 4.15. The topological polar surface area (TPSA) is 32.3 Å². The number of benzene rings is 1. The molecule has 3 nitrogen and oxygen atoms in total. The molecule has 0 aromatic heterocycles. The Labute approximate surface area is 102 Å². The Morgan fingerprint density at radius 3 is 2.75 bits per heavy atom. The highest BCUT2D eigenvalue weighted by Gasteiger charge is 2.07. The van der Waals surface area contributed by atoms with E-state index in [9.17, 15) is 4.79 Å². The van der Waals surface area contributed by atoms with Gasteiger partial charge in [0.1, 0.15) is 0 Å². The first kappa shape index (κ1) is 13.1. The first-order chi connectivity index (χ1) is 7.65. The van der Waals surface area contributed by atoms with Gasteiger partial charge in [-0.15, -0.1) is 12.6 Å². The van der Waals surface area contributed by atoms with Crippen molar-refractivity contribution in [1.82, 2.24) is 10.2 Å². The highest BCUT2D eigenvalue weighted by molar-refractivity contribution is 7.80. The Hall–Kier alpha value is -1.00. The Morgan fingerprint density at radius 2 is 2.12 bits per heavy atom. The van der Waals surface area contributed by atoms with Crippen LogP contribution in [0.4, 0.5) is 0 Å². The maximum Gasteiger partial charge on any atom is 0.252 e. The van der Waals surface area contributed by atoms with Crippen molar-refractivity contribution in [3.8, 4) is 0 Å². The Kier molecular flexibility index (Phi) is 5.35. The van der Waals surface area contributed by atoms with Gasteiger partial charge in [-0.05, 0) is 25.7 Å². The lowest BCUT2D eigenvalue weighted by Gasteiger charge is -2.14. The molecule has 0 bridgehead atoms. The molecule has 1 N–H and O–H groups in total. The summed E-state index contributed by atoms with van der Waals surface area (Å²) in [6, 6.07) is 7.30. The number of nitrogens with zero attached hydrogens (tertiary/aromatic N) is 1. The summed E-state index contributed by atoms with van der Waals surface area (Å²) in [7, 11) is 2.03. The van der Waals surface area contributed by atoms with Gasteiger partial charge in [-0.2, -0.15) is 0 Å². The number of nitrogens with one attached hydrogen (secondary N) is 1. The van der Waals surface area contributed by atoms with Crippen LogP contribution in [-0.4, -0.2) is 37.5 Å². The molecule has 1 amide bonds. The SMILES string of the molecule is CCN(C)CCNC(=O)c1ccccc1S. The minimum Gasteiger partial charge on any atom is -0.351 e. The van der Waals surface area contributed by atoms with Crippen LogP contribution in [-0.2, 0) is 0 Å². The van der Waals surface area contributed by atoms with Crippen molar-refractivity contribution in [2.24, 2.45) is 0 Å². The predicted molar refractivity (Wildman–Crippen MR) is 69.2 cm³/mol. The number of hydrogen-bond acceptors (Lipinski definition) is 3. The molecule has 4 heteroatoms. The summed E-state index contributed by atoms with van der Waals surface area (Å²) in [4.78, 5) is 14.6. The normalized spacial score (nSPS) is 10.5. The number of hydrogen-bond donors (Lipinski definition) is 2. The van der Waals surface area contributed by atoms with Crippen LogP contribution in [0.2, 0.25) is 0 Å². The molecule has 0 fully saturated rings. The van der Waals surface area contributed by atoms with E-state index in [0.29, 0.717) is 17.0 Å². The number of rotatable bonds is 5. The van der Waals surface area contributed by atoms with Crippen molar-refractivity contribution < 1.29 is 4.79 Å². The van der Waals surface area contributed by atoms with Gasteiger partial charge in [-0.25, -0.2) is 0 Å². The van der Waals surface area contributed by atoms with E-state index < -0.39 is 0 Å². The number of likely N-dealkylation sites (N-methyl/N-ethyl adjacent to an activating group) is 1. The Balaban J connectivity index is 2.44. The van der Waals surface area contributed by atoms with E-state index in [1.807, 2.05) is 25.2 Å². The third-order valence-electron chi connectivity index (χ3n) is 2.47. The second kappa shape index (κ2) is 6.55. The molecule has 0 atom stereocenters. The largest absolute Gasteiger partial charge is 0.351 e. The summed E-state index contributed by atoms with van der Waals surface area (Å²) in [6.45, 7) is 4.59. The van der Waals surface area contributed by atoms with Crippen LogP contribution in [0, 0.1) is 0 Å². The lowest BCUT2D eigenvalue weighted by Crippen LogP contribution is -2.33. The second-order valence-electron chi connectivity index (χ2n) is 3.67. The first-order valence-electron chi connectivity index (χ1n) is 5.40. The average Bonchev–Trinajstić information content (AvgIpc) is 2.29. The zero-order valence-corrected chi connectivity index (χ0v) is 10.6. The highest BCUT2D eigenvalue weighted by Crippen LogP contribution is 2.12. The van der Waals surface area contributed by atoms with Crippen molar-refractivity contribution in [3.63, 3.8) is 0 Å². The summed E-state index contributed by atoms with van der Waals surface area (Å²) in [6.07, 6.45) is 0. The highest BCUT2D eigenvalue weighted by atomic mass is 32.1. The van der Waals surface area contributed by atoms with Crippen LogP contribution in [0.15, 0.2) is 29.2 Å². The van der Waals surface area contributed by atoms with Crippen LogP contribution in [0.5, 0.6) is 0 Å². The average molecular weight is 238 g/mol. The van der Waals surface area contributed by atoms with Gasteiger partial charge in [0.2, 0.25) is 0 Å². The van der Waals surface area contributed by atoms with Gasteiger partial charge in [0.15, 0.2) is 0 Å². The van der Waals surface area contributed by atoms with E-state index in [0.717, 1.165) is 13.1 Å². The predicted octanol–water partition coefficient (Wildman–Crippen LogP) is 1.66. The molecule has 0 radical (unpaired) electrons. The lowest BCUT2D eigenvalue weighted by atomic mass is 10.2. The Bertz CT molecular complexity index is 355. The zero-order chi connectivity index (χ0) is 12.0. The van der Waals surface area contributed by atoms with Crippen LogP contribution >= 0.6 is 12.6 Å². The molecule has 1 aromatic carbocycles. The van der Waals surface area contributed by atoms with Gasteiger partial charge >= 0.3 is 0 Å². The quantitative estimate of drug-likeness (QED) is 0.765. The number of carbonyl (C=O) groups is 1. The molecule has 0 aliphatic carbocycles. The smallest absolute Gasteiger partial charge is 0.252 e. The summed E-state index contributed by atoms with van der Waals surface area (Å²) in [5, 5.41) is 2.88. The van der Waals surface area contributed by atoms with Gasteiger partial charge in [-0.1, -0.05) is 19.1 Å². The van der Waals surface area contributed by atoms with Gasteiger partial charge in [0, 0.05) is 18.0 Å². The van der Waals surface area contributed by atoms with Gasteiger partial charge in [0.05, 0.1) is 5.56 Å². The van der Waals surface area contributed by atoms with Crippen molar-refractivity contribution >= 4 is 18.5 Å². The lowest BCUT2D eigenvalue weighted by molar-refractivity contribution is 0.0947. The van der Waals surface area contributed by atoms with Gasteiger partial charge in [0.25, 0.3) is 5.91 Å². The van der Waals surface area contributed by atoms with Crippen LogP contribution in [0.25, 0.3) is 0 Å². The fraction of sp³-hybridized carbons (Fsp3) is 0.417. The molecule has 0 saturated heterocycles. The maximum atomic E-state index is 11.8. The monoisotopic (exact) mass is 238 g/mol. The number of thiol groups is 1. The van der Waals surface area contributed by atoms with E-state index >= 15 is 0 Å². The molecule has 0 heterocycles. The minimum absolute atomic E-state index is 0.0601. The molecular weight excluding hydrogens is 220 g/mol. The van der Waals surface area contributed by atoms with Crippen molar-refractivity contribution in [2.45, 2.75) is 11.8 Å². The van der Waals surface area contributed by atoms with Gasteiger partial charge < -0.3 is 10.2 Å². The molecule has 1 aromatic rings. The van der Waals surface area contributed by atoms with E-state index in [1.165, 1.54) is 0 Å². The third-order valence-corrected chi connectivity index (χ3v) is 2.86. The fourth-order valence-electron chi connectivity index (χ4n) is 1.28. The van der Waals surface area contributed by atoms with Crippen molar-refractivity contribution in [2.75, 3.05) is 26.7 Å². The molecular formula is C12H18N2OS. The van der Waals surface area contributed by atoms with E-state index in [-0.39, 0.29) is 5.91 Å². The van der Waals surface area contributed by atoms with Crippen molar-refractivity contribution in [3.05, 3.63) is 29.8 Å². The van der Waals surface area contributed by atoms with E-state index in [4.69, 9.17) is 0 Å². The third kappa shape index (κ3) is 3.87. The van der Waals surface area contributed by atoms with Crippen LogP contribution in [0.3, 0.4) is 0 Å². The van der Waals surface area contributed by atoms with Gasteiger partial charge in [-0.3, -0.25) is 4.79 Å². The molecule has 0 unspecified atom stereocenters. The summed E-state index contributed by atoms with van der Waals surface area (Å²) in [5.74, 6) is -0.0601. The summed E-state index contributed by atoms with van der Waals surface area (Å²) in [5.41, 5.74) is 0.630. The maximum absolute atomic E-state index is 11.8. The number of amides is 1. The molecule has 0 spiro atoms. The molecule has 16 heavy (non-hydrogen) atoms. The first-order valence-corrected chi connectivity index (χ1v) is 5.84. The van der Waals surface area contributed by atoms with E-state index in [2.05, 4.69) is 29.8 Å². The molecule has 0 aliphatic heterocycles. The summed E-state index contributed by atoms with van der Waals surface area (Å²) >= 11 is 4.25. The zero-order valence-electron chi connectivity index (χ0n) is 9.73. The van der Waals surface area contributed by atoms with E-state index in [1.54, 1.807) is 6.07 Å². The standard InChI is InChI=1S/C12H18N2OS/c1-3-14(2)9-8-13-12(15)10-6-4-5-7-11(10)16/h4-7,16H,3,8-9H2,1-2H3,(H,13,15). The molecule has 1 rings (SSSR count). The molecule has 0 saturated carbocycles. The van der Waals surface area contributed by atoms with Crippen LogP contribution in [0.1, 0.15) is 17.3 Å². The number of carbonyl (C=O) groups excluding carboxylic acids is 1. The summed E-state index contributed by atoms with van der Waals surface area (Å²) < 4.78 is 0. The fourth-order valence-corrected chi connectivity index (χ4v) is 1.54.